The summed E-state index contributed by atoms with van der Waals surface area (Å²) in [4.78, 5) is 36.0. The Hall–Kier alpha value is -2.20. The maximum atomic E-state index is 12.1. The van der Waals surface area contributed by atoms with Crippen LogP contribution in [0.1, 0.15) is 5.56 Å². The molecule has 0 spiro atoms. The van der Waals surface area contributed by atoms with E-state index in [0.717, 1.165) is 4.57 Å². The number of H-pyrrole nitrogens is 1. The molecule has 0 aliphatic carbocycles. The van der Waals surface area contributed by atoms with Crippen molar-refractivity contribution in [1.82, 2.24) is 20.2 Å². The van der Waals surface area contributed by atoms with Gasteiger partial charge in [0.1, 0.15) is 18.3 Å². The summed E-state index contributed by atoms with van der Waals surface area (Å²) in [5.74, 6) is -2.32. The number of nitrogens with one attached hydrogen (secondary N) is 3. The molecule has 8 N–H and O–H groups in total. The Labute approximate surface area is 168 Å². The smallest absolute Gasteiger partial charge is 0.317 e. The molecule has 4 atom stereocenters. The SMILES string of the molecule is O=C(O)CNCc1cn([C@]2(CNCC(=O)O)O[C@H](CO)[C@@H](O)[C@H]2O)c(=S)[nH]c1=O. The molecule has 0 unspecified atom stereocenters. The van der Waals surface area contributed by atoms with Crippen LogP contribution < -0.4 is 16.2 Å². The standard InChI is InChI=1S/C15H22N4O9S/c20-5-8-11(25)12(26)15(28-8,6-17-3-10(23)24)19-4-7(1-16-2-9(21)22)13(27)18-14(19)29/h4,8,11-12,16-17,20,25-26H,1-3,5-6H2,(H,21,22)(H,23,24)(H,18,27,29)/t8-,11-,12-,15-/m1/s1. The predicted octanol–water partition coefficient (Wildman–Crippen LogP) is -3.48. The fraction of sp³-hybridized carbons (Fsp3) is 0.600. The van der Waals surface area contributed by atoms with Crippen molar-refractivity contribution in [3.8, 4) is 0 Å². The topological polar surface area (TPSA) is 206 Å². The van der Waals surface area contributed by atoms with Gasteiger partial charge in [-0.25, -0.2) is 0 Å². The minimum Gasteiger partial charge on any atom is -0.480 e. The minimum atomic E-state index is -1.84. The van der Waals surface area contributed by atoms with Crippen molar-refractivity contribution in [2.75, 3.05) is 26.2 Å². The lowest BCUT2D eigenvalue weighted by molar-refractivity contribution is -0.149. The minimum absolute atomic E-state index is 0.0511. The first kappa shape index (κ1) is 23.1. The largest absolute Gasteiger partial charge is 0.480 e. The number of rotatable bonds is 10. The fourth-order valence-corrected chi connectivity index (χ4v) is 3.32. The molecule has 1 fully saturated rings. The number of carbonyl (C=O) groups is 2. The average molecular weight is 434 g/mol. The molecule has 1 aromatic heterocycles. The van der Waals surface area contributed by atoms with Crippen LogP contribution in [0.15, 0.2) is 11.0 Å². The Bertz CT molecular complexity index is 872. The van der Waals surface area contributed by atoms with Crippen LogP contribution in [-0.2, 0) is 26.6 Å². The van der Waals surface area contributed by atoms with Crippen LogP contribution in [0.4, 0.5) is 0 Å². The number of aliphatic hydroxyl groups is 3. The van der Waals surface area contributed by atoms with Gasteiger partial charge in [0.05, 0.1) is 19.7 Å². The lowest BCUT2D eigenvalue weighted by Crippen LogP contribution is -2.53. The quantitative estimate of drug-likeness (QED) is 0.169. The van der Waals surface area contributed by atoms with Gasteiger partial charge in [-0.15, -0.1) is 0 Å². The summed E-state index contributed by atoms with van der Waals surface area (Å²) in [7, 11) is 0. The van der Waals surface area contributed by atoms with Crippen LogP contribution in [0.5, 0.6) is 0 Å². The molecule has 13 nitrogen and oxygen atoms in total. The summed E-state index contributed by atoms with van der Waals surface area (Å²) in [6, 6.07) is 0. The van der Waals surface area contributed by atoms with Crippen molar-refractivity contribution in [2.45, 2.75) is 30.6 Å². The monoisotopic (exact) mass is 434 g/mol. The number of aliphatic carboxylic acids is 2. The van der Waals surface area contributed by atoms with Gasteiger partial charge in [0, 0.05) is 24.8 Å². The number of carboxylic acids is 2. The van der Waals surface area contributed by atoms with Crippen molar-refractivity contribution in [1.29, 1.82) is 0 Å². The number of carboxylic acid groups (broad SMARTS) is 2. The molecule has 162 valence electrons. The number of hydrogen-bond donors (Lipinski definition) is 8. The highest BCUT2D eigenvalue weighted by atomic mass is 32.1. The summed E-state index contributed by atoms with van der Waals surface area (Å²) in [6.07, 6.45) is -3.14. The molecule has 14 heteroatoms. The zero-order valence-corrected chi connectivity index (χ0v) is 15.9. The number of hydrogen-bond acceptors (Lipinski definition) is 10. The zero-order chi connectivity index (χ0) is 21.8. The molecule has 0 aromatic carbocycles. The third-order valence-electron chi connectivity index (χ3n) is 4.37. The van der Waals surface area contributed by atoms with E-state index in [1.54, 1.807) is 0 Å². The van der Waals surface area contributed by atoms with Crippen LogP contribution in [0.2, 0.25) is 0 Å². The van der Waals surface area contributed by atoms with Crippen LogP contribution in [0.25, 0.3) is 0 Å². The number of nitrogens with zero attached hydrogens (tertiary/aromatic N) is 1. The van der Waals surface area contributed by atoms with Crippen LogP contribution in [-0.4, -0.2) is 91.6 Å². The van der Waals surface area contributed by atoms with Crippen molar-refractivity contribution >= 4 is 24.2 Å². The van der Waals surface area contributed by atoms with Crippen LogP contribution in [0, 0.1) is 4.77 Å². The second-order valence-electron chi connectivity index (χ2n) is 6.40. The normalized spacial score (nSPS) is 26.5. The first-order valence-electron chi connectivity index (χ1n) is 8.47. The molecule has 2 rings (SSSR count). The fourth-order valence-electron chi connectivity index (χ4n) is 3.02. The number of aromatic amines is 1. The summed E-state index contributed by atoms with van der Waals surface area (Å²) in [5.41, 5.74) is -2.40. The average Bonchev–Trinajstić information content (AvgIpc) is 2.88. The Morgan fingerprint density at radius 3 is 2.41 bits per heavy atom. The maximum Gasteiger partial charge on any atom is 0.317 e. The molecular formula is C15H22N4O9S. The van der Waals surface area contributed by atoms with E-state index >= 15 is 0 Å². The second kappa shape index (κ2) is 9.53. The number of aliphatic hydroxyl groups excluding tert-OH is 3. The third-order valence-corrected chi connectivity index (χ3v) is 4.67. The second-order valence-corrected chi connectivity index (χ2v) is 6.78. The summed E-state index contributed by atoms with van der Waals surface area (Å²) in [6.45, 7) is -2.04. The molecule has 1 aliphatic rings. The zero-order valence-electron chi connectivity index (χ0n) is 15.1. The molecule has 0 bridgehead atoms. The Morgan fingerprint density at radius 1 is 1.24 bits per heavy atom. The van der Waals surface area contributed by atoms with E-state index in [1.807, 2.05) is 0 Å². The molecular weight excluding hydrogens is 412 g/mol. The van der Waals surface area contributed by atoms with Gasteiger partial charge in [0.25, 0.3) is 5.56 Å². The summed E-state index contributed by atoms with van der Waals surface area (Å²) < 4.78 is 6.61. The highest BCUT2D eigenvalue weighted by Crippen LogP contribution is 2.35. The van der Waals surface area contributed by atoms with Gasteiger partial charge in [0.2, 0.25) is 0 Å². The first-order chi connectivity index (χ1) is 13.6. The van der Waals surface area contributed by atoms with Gasteiger partial charge in [-0.3, -0.25) is 23.9 Å². The van der Waals surface area contributed by atoms with Gasteiger partial charge in [0.15, 0.2) is 10.5 Å². The molecule has 0 amide bonds. The van der Waals surface area contributed by atoms with Gasteiger partial charge >= 0.3 is 11.9 Å². The molecule has 1 aromatic rings. The summed E-state index contributed by atoms with van der Waals surface area (Å²) >= 11 is 5.14. The maximum absolute atomic E-state index is 12.1. The van der Waals surface area contributed by atoms with Crippen molar-refractivity contribution in [2.24, 2.45) is 0 Å². The predicted molar refractivity (Wildman–Crippen MR) is 97.7 cm³/mol. The highest BCUT2D eigenvalue weighted by Gasteiger charge is 2.55. The first-order valence-corrected chi connectivity index (χ1v) is 8.88. The molecule has 29 heavy (non-hydrogen) atoms. The van der Waals surface area contributed by atoms with Gasteiger partial charge in [-0.05, 0) is 12.2 Å². The van der Waals surface area contributed by atoms with E-state index in [0.29, 0.717) is 0 Å². The van der Waals surface area contributed by atoms with Gasteiger partial charge in [-0.1, -0.05) is 0 Å². The molecule has 0 saturated carbocycles. The van der Waals surface area contributed by atoms with Crippen LogP contribution in [0.3, 0.4) is 0 Å². The highest BCUT2D eigenvalue weighted by molar-refractivity contribution is 7.71. The van der Waals surface area contributed by atoms with E-state index in [-0.39, 0.29) is 23.4 Å². The lowest BCUT2D eigenvalue weighted by atomic mass is 10.0. The number of ether oxygens (including phenoxy) is 1. The number of aromatic nitrogens is 2. The molecule has 1 aliphatic heterocycles. The Morgan fingerprint density at radius 2 is 1.86 bits per heavy atom. The summed E-state index contributed by atoms with van der Waals surface area (Å²) in [5, 5.41) is 52.9. The molecule has 0 radical (unpaired) electrons. The lowest BCUT2D eigenvalue weighted by Gasteiger charge is -2.35. The molecule has 2 heterocycles. The Kier molecular flexibility index (Phi) is 7.59. The van der Waals surface area contributed by atoms with Crippen LogP contribution >= 0.6 is 12.2 Å². The van der Waals surface area contributed by atoms with Gasteiger partial charge in [-0.2, -0.15) is 0 Å². The van der Waals surface area contributed by atoms with E-state index in [4.69, 9.17) is 27.2 Å². The Balaban J connectivity index is 2.47. The van der Waals surface area contributed by atoms with E-state index < -0.39 is 61.2 Å². The van der Waals surface area contributed by atoms with Crippen molar-refractivity contribution in [3.05, 3.63) is 26.9 Å². The van der Waals surface area contributed by atoms with Crippen molar-refractivity contribution < 1.29 is 39.9 Å². The van der Waals surface area contributed by atoms with E-state index in [1.165, 1.54) is 6.20 Å². The van der Waals surface area contributed by atoms with Gasteiger partial charge < -0.3 is 40.9 Å². The van der Waals surface area contributed by atoms with Crippen molar-refractivity contribution in [3.63, 3.8) is 0 Å². The molecule has 1 saturated heterocycles. The van der Waals surface area contributed by atoms with E-state index in [2.05, 4.69) is 15.6 Å². The van der Waals surface area contributed by atoms with E-state index in [9.17, 15) is 29.7 Å². The third kappa shape index (κ3) is 5.05.